The fourth-order valence-corrected chi connectivity index (χ4v) is 3.22. The van der Waals surface area contributed by atoms with Gasteiger partial charge in [-0.1, -0.05) is 40.5 Å². The Bertz CT molecular complexity index is 207. The lowest BCUT2D eigenvalue weighted by Gasteiger charge is -2.43. The molecule has 1 nitrogen and oxygen atoms in total. The van der Waals surface area contributed by atoms with E-state index >= 15 is 0 Å². The van der Waals surface area contributed by atoms with Crippen molar-refractivity contribution in [1.29, 1.82) is 0 Å². The van der Waals surface area contributed by atoms with Crippen molar-refractivity contribution in [1.82, 2.24) is 0 Å². The maximum atomic E-state index is 10.6. The molecule has 0 N–H and O–H groups in total. The first kappa shape index (κ1) is 12.7. The van der Waals surface area contributed by atoms with Gasteiger partial charge in [-0.15, -0.1) is 0 Å². The second kappa shape index (κ2) is 5.14. The summed E-state index contributed by atoms with van der Waals surface area (Å²) in [6.45, 7) is 9.22. The van der Waals surface area contributed by atoms with E-state index in [1.165, 1.54) is 25.7 Å². The average molecular weight is 210 g/mol. The standard InChI is InChI=1S/C14H26O/c1-11(10-15)7-8-13-12(2)6-5-9-14(13,3)4/h10-13H,5-9H2,1-4H3. The molecule has 0 aromatic heterocycles. The molecule has 1 saturated carbocycles. The van der Waals surface area contributed by atoms with E-state index in [4.69, 9.17) is 0 Å². The highest BCUT2D eigenvalue weighted by molar-refractivity contribution is 5.52. The molecule has 3 unspecified atom stereocenters. The highest BCUT2D eigenvalue weighted by atomic mass is 16.1. The van der Waals surface area contributed by atoms with Crippen LogP contribution in [0, 0.1) is 23.2 Å². The van der Waals surface area contributed by atoms with Gasteiger partial charge in [0.05, 0.1) is 0 Å². The van der Waals surface area contributed by atoms with Crippen LogP contribution in [0.2, 0.25) is 0 Å². The van der Waals surface area contributed by atoms with Gasteiger partial charge in [-0.3, -0.25) is 0 Å². The van der Waals surface area contributed by atoms with Crippen molar-refractivity contribution in [3.8, 4) is 0 Å². The summed E-state index contributed by atoms with van der Waals surface area (Å²) >= 11 is 0. The Balaban J connectivity index is 2.52. The highest BCUT2D eigenvalue weighted by Crippen LogP contribution is 2.46. The smallest absolute Gasteiger partial charge is 0.122 e. The Morgan fingerprint density at radius 2 is 2.13 bits per heavy atom. The highest BCUT2D eigenvalue weighted by Gasteiger charge is 2.36. The molecule has 88 valence electrons. The molecule has 3 atom stereocenters. The topological polar surface area (TPSA) is 17.1 Å². The third kappa shape index (κ3) is 3.32. The van der Waals surface area contributed by atoms with Crippen LogP contribution >= 0.6 is 0 Å². The fraction of sp³-hybridized carbons (Fsp3) is 0.929. The summed E-state index contributed by atoms with van der Waals surface area (Å²) in [6, 6.07) is 0. The van der Waals surface area contributed by atoms with Gasteiger partial charge in [0, 0.05) is 5.92 Å². The molecule has 0 aromatic rings. The first-order valence-corrected chi connectivity index (χ1v) is 6.42. The summed E-state index contributed by atoms with van der Waals surface area (Å²) in [6.07, 6.45) is 7.52. The van der Waals surface area contributed by atoms with Gasteiger partial charge in [0.1, 0.15) is 6.29 Å². The van der Waals surface area contributed by atoms with Crippen molar-refractivity contribution in [2.24, 2.45) is 23.2 Å². The molecular formula is C14H26O. The molecule has 0 amide bonds. The fourth-order valence-electron chi connectivity index (χ4n) is 3.22. The van der Waals surface area contributed by atoms with Gasteiger partial charge in [-0.25, -0.2) is 0 Å². The van der Waals surface area contributed by atoms with E-state index in [0.29, 0.717) is 5.41 Å². The molecule has 1 fully saturated rings. The van der Waals surface area contributed by atoms with E-state index in [2.05, 4.69) is 20.8 Å². The maximum absolute atomic E-state index is 10.6. The molecular weight excluding hydrogens is 184 g/mol. The van der Waals surface area contributed by atoms with Crippen LogP contribution in [0.4, 0.5) is 0 Å². The number of hydrogen-bond acceptors (Lipinski definition) is 1. The summed E-state index contributed by atoms with van der Waals surface area (Å²) in [5.41, 5.74) is 0.486. The molecule has 0 spiro atoms. The van der Waals surface area contributed by atoms with E-state index < -0.39 is 0 Å². The number of hydrogen-bond donors (Lipinski definition) is 0. The van der Waals surface area contributed by atoms with Crippen molar-refractivity contribution in [3.63, 3.8) is 0 Å². The van der Waals surface area contributed by atoms with Crippen LogP contribution in [-0.2, 0) is 4.79 Å². The van der Waals surface area contributed by atoms with Crippen molar-refractivity contribution in [2.75, 3.05) is 0 Å². The summed E-state index contributed by atoms with van der Waals surface area (Å²) in [5.74, 6) is 1.90. The molecule has 0 saturated heterocycles. The van der Waals surface area contributed by atoms with Gasteiger partial charge >= 0.3 is 0 Å². The van der Waals surface area contributed by atoms with E-state index in [1.807, 2.05) is 6.92 Å². The van der Waals surface area contributed by atoms with Crippen LogP contribution in [-0.4, -0.2) is 6.29 Å². The van der Waals surface area contributed by atoms with E-state index in [-0.39, 0.29) is 5.92 Å². The Hall–Kier alpha value is -0.330. The normalized spacial score (nSPS) is 32.3. The van der Waals surface area contributed by atoms with Crippen molar-refractivity contribution in [2.45, 2.75) is 59.8 Å². The lowest BCUT2D eigenvalue weighted by molar-refractivity contribution is -0.111. The lowest BCUT2D eigenvalue weighted by Crippen LogP contribution is -2.33. The van der Waals surface area contributed by atoms with Gasteiger partial charge in [-0.2, -0.15) is 0 Å². The molecule has 1 rings (SSSR count). The van der Waals surface area contributed by atoms with Gasteiger partial charge in [0.25, 0.3) is 0 Å². The molecule has 15 heavy (non-hydrogen) atoms. The first-order valence-electron chi connectivity index (χ1n) is 6.42. The minimum Gasteiger partial charge on any atom is -0.303 e. The minimum atomic E-state index is 0.245. The van der Waals surface area contributed by atoms with E-state index in [1.54, 1.807) is 0 Å². The predicted octanol–water partition coefficient (Wildman–Crippen LogP) is 4.06. The van der Waals surface area contributed by atoms with E-state index in [0.717, 1.165) is 24.5 Å². The summed E-state index contributed by atoms with van der Waals surface area (Å²) in [7, 11) is 0. The number of aldehydes is 1. The number of rotatable bonds is 4. The van der Waals surface area contributed by atoms with Gasteiger partial charge < -0.3 is 4.79 Å². The quantitative estimate of drug-likeness (QED) is 0.639. The zero-order chi connectivity index (χ0) is 11.5. The largest absolute Gasteiger partial charge is 0.303 e. The van der Waals surface area contributed by atoms with Crippen LogP contribution < -0.4 is 0 Å². The van der Waals surface area contributed by atoms with Crippen molar-refractivity contribution >= 4 is 6.29 Å². The Morgan fingerprint density at radius 1 is 1.47 bits per heavy atom. The summed E-state index contributed by atoms with van der Waals surface area (Å²) < 4.78 is 0. The van der Waals surface area contributed by atoms with Crippen LogP contribution in [0.1, 0.15) is 59.8 Å². The second-order valence-corrected chi connectivity index (χ2v) is 6.16. The molecule has 1 aliphatic carbocycles. The Labute approximate surface area is 94.6 Å². The predicted molar refractivity (Wildman–Crippen MR) is 64.7 cm³/mol. The second-order valence-electron chi connectivity index (χ2n) is 6.16. The zero-order valence-electron chi connectivity index (χ0n) is 10.8. The molecule has 1 heteroatoms. The average Bonchev–Trinajstić information content (AvgIpc) is 2.15. The molecule has 0 bridgehead atoms. The molecule has 0 aromatic carbocycles. The molecule has 0 aliphatic heterocycles. The third-order valence-electron chi connectivity index (χ3n) is 4.34. The zero-order valence-corrected chi connectivity index (χ0v) is 10.8. The van der Waals surface area contributed by atoms with Gasteiger partial charge in [-0.05, 0) is 36.5 Å². The molecule has 1 aliphatic rings. The summed E-state index contributed by atoms with van der Waals surface area (Å²) in [5, 5.41) is 0. The minimum absolute atomic E-state index is 0.245. The Kier molecular flexibility index (Phi) is 4.36. The van der Waals surface area contributed by atoms with Crippen molar-refractivity contribution in [3.05, 3.63) is 0 Å². The third-order valence-corrected chi connectivity index (χ3v) is 4.34. The molecule has 0 radical (unpaired) electrons. The monoisotopic (exact) mass is 210 g/mol. The molecule has 0 heterocycles. The number of carbonyl (C=O) groups is 1. The van der Waals surface area contributed by atoms with Gasteiger partial charge in [0.15, 0.2) is 0 Å². The van der Waals surface area contributed by atoms with Crippen LogP contribution in [0.3, 0.4) is 0 Å². The SMILES string of the molecule is CC(C=O)CCC1C(C)CCCC1(C)C. The first-order chi connectivity index (χ1) is 6.97. The van der Waals surface area contributed by atoms with Crippen LogP contribution in [0.5, 0.6) is 0 Å². The van der Waals surface area contributed by atoms with E-state index in [9.17, 15) is 4.79 Å². The number of carbonyl (C=O) groups excluding carboxylic acids is 1. The summed E-state index contributed by atoms with van der Waals surface area (Å²) in [4.78, 5) is 10.6. The lowest BCUT2D eigenvalue weighted by atomic mass is 9.62. The maximum Gasteiger partial charge on any atom is 0.122 e. The Morgan fingerprint density at radius 3 is 2.67 bits per heavy atom. The van der Waals surface area contributed by atoms with Crippen LogP contribution in [0.25, 0.3) is 0 Å². The van der Waals surface area contributed by atoms with Gasteiger partial charge in [0.2, 0.25) is 0 Å². The van der Waals surface area contributed by atoms with Crippen molar-refractivity contribution < 1.29 is 4.79 Å². The van der Waals surface area contributed by atoms with Crippen LogP contribution in [0.15, 0.2) is 0 Å².